The van der Waals surface area contributed by atoms with Gasteiger partial charge in [0, 0.05) is 30.2 Å². The molecule has 0 atom stereocenters. The number of amides is 2. The first-order valence-electron chi connectivity index (χ1n) is 13.7. The van der Waals surface area contributed by atoms with E-state index in [2.05, 4.69) is 25.6 Å². The van der Waals surface area contributed by atoms with Gasteiger partial charge in [0.2, 0.25) is 5.96 Å². The summed E-state index contributed by atoms with van der Waals surface area (Å²) in [6, 6.07) is 25.8. The van der Waals surface area contributed by atoms with Crippen LogP contribution in [0.2, 0.25) is 10.0 Å². The van der Waals surface area contributed by atoms with Crippen molar-refractivity contribution in [1.29, 1.82) is 0 Å². The first kappa shape index (κ1) is 29.5. The van der Waals surface area contributed by atoms with Crippen LogP contribution in [0.3, 0.4) is 0 Å². The fraction of sp³-hybridized carbons (Fsp3) is 0.250. The van der Waals surface area contributed by atoms with E-state index in [0.29, 0.717) is 47.6 Å². The van der Waals surface area contributed by atoms with Gasteiger partial charge in [-0.1, -0.05) is 83.9 Å². The average Bonchev–Trinajstić information content (AvgIpc) is 2.99. The third-order valence-electron chi connectivity index (χ3n) is 7.39. The largest absolute Gasteiger partial charge is 0.380 e. The van der Waals surface area contributed by atoms with Crippen molar-refractivity contribution in [3.05, 3.63) is 117 Å². The van der Waals surface area contributed by atoms with E-state index in [0.717, 1.165) is 22.5 Å². The third kappa shape index (κ3) is 6.73. The summed E-state index contributed by atoms with van der Waals surface area (Å²) in [5.41, 5.74) is 2.57. The van der Waals surface area contributed by atoms with Gasteiger partial charge in [-0.25, -0.2) is 14.8 Å². The Balaban J connectivity index is 1.40. The maximum absolute atomic E-state index is 13.1. The first-order chi connectivity index (χ1) is 20.2. The molecule has 216 valence electrons. The predicted molar refractivity (Wildman–Crippen MR) is 167 cm³/mol. The van der Waals surface area contributed by atoms with Crippen molar-refractivity contribution in [2.24, 2.45) is 10.9 Å². The number of nitrogens with zero attached hydrogens (tertiary/aromatic N) is 4. The summed E-state index contributed by atoms with van der Waals surface area (Å²) in [6.07, 6.45) is 1.31. The van der Waals surface area contributed by atoms with Crippen LogP contribution >= 0.6 is 23.2 Å². The van der Waals surface area contributed by atoms with E-state index in [9.17, 15) is 9.90 Å². The maximum Gasteiger partial charge on any atom is 0.326 e. The van der Waals surface area contributed by atoms with Crippen molar-refractivity contribution in [3.8, 4) is 0 Å². The minimum Gasteiger partial charge on any atom is -0.380 e. The summed E-state index contributed by atoms with van der Waals surface area (Å²) in [7, 11) is 0. The first-order valence-corrected chi connectivity index (χ1v) is 14.5. The number of carbonyl (C=O) groups excluding carboxylic acids is 1. The van der Waals surface area contributed by atoms with E-state index in [1.165, 1.54) is 0 Å². The number of carbonyl (C=O) groups is 1. The molecule has 1 aliphatic heterocycles. The number of aliphatic imine (C=N–C) groups is 1. The summed E-state index contributed by atoms with van der Waals surface area (Å²) in [5.74, 6) is 0.505. The van der Waals surface area contributed by atoms with Gasteiger partial charge in [0.15, 0.2) is 0 Å². The highest BCUT2D eigenvalue weighted by Crippen LogP contribution is 2.42. The lowest BCUT2D eigenvalue weighted by atomic mass is 9.72. The molecule has 0 saturated carbocycles. The highest BCUT2D eigenvalue weighted by Gasteiger charge is 2.42. The number of aliphatic hydroxyl groups is 1. The van der Waals surface area contributed by atoms with Gasteiger partial charge in [0.1, 0.15) is 5.60 Å². The molecular formula is C32H32Cl2N6O2. The minimum absolute atomic E-state index is 0.0673. The standard InChI is InChI=1S/C32H32Cl2N6O2/c1-21-19-22(2)36-29(35-21)38-30(39-31(41)37-26-13-14-27(33)28(34)20-26)40-17-15-25(16-18-40)32(42,23-9-5-3-6-10-23)24-11-7-4-8-12-24/h3-14,19-20,25,42H,15-18H2,1-2H3,(H2,35,36,37,38,39,41). The fourth-order valence-corrected chi connectivity index (χ4v) is 5.70. The molecule has 2 heterocycles. The summed E-state index contributed by atoms with van der Waals surface area (Å²) in [5, 5.41) is 18.7. The van der Waals surface area contributed by atoms with Gasteiger partial charge in [-0.2, -0.15) is 4.99 Å². The number of rotatable bonds is 5. The van der Waals surface area contributed by atoms with Gasteiger partial charge in [-0.3, -0.25) is 5.32 Å². The van der Waals surface area contributed by atoms with Crippen molar-refractivity contribution in [2.75, 3.05) is 18.4 Å². The molecule has 42 heavy (non-hydrogen) atoms. The molecule has 0 radical (unpaired) electrons. The SMILES string of the molecule is Cc1cc(C)nc(/N=C(\NC(=O)Nc2ccc(Cl)c(Cl)c2)N2CCC(C(O)(c3ccccc3)c3ccccc3)CC2)n1. The molecule has 3 aromatic carbocycles. The molecule has 1 saturated heterocycles. The lowest BCUT2D eigenvalue weighted by Crippen LogP contribution is -2.51. The Morgan fingerprint density at radius 1 is 0.881 bits per heavy atom. The van der Waals surface area contributed by atoms with Crippen LogP contribution < -0.4 is 10.6 Å². The molecule has 0 unspecified atom stereocenters. The van der Waals surface area contributed by atoms with Gasteiger partial charge in [0.25, 0.3) is 5.95 Å². The van der Waals surface area contributed by atoms with Crippen LogP contribution in [-0.2, 0) is 5.60 Å². The van der Waals surface area contributed by atoms with Crippen LogP contribution in [-0.4, -0.2) is 45.1 Å². The topological polar surface area (TPSA) is 103 Å². The van der Waals surface area contributed by atoms with Crippen LogP contribution in [0.25, 0.3) is 0 Å². The number of likely N-dealkylation sites (tertiary alicyclic amines) is 1. The molecule has 1 aliphatic rings. The lowest BCUT2D eigenvalue weighted by Gasteiger charge is -2.43. The highest BCUT2D eigenvalue weighted by molar-refractivity contribution is 6.42. The van der Waals surface area contributed by atoms with Crippen LogP contribution in [0.5, 0.6) is 0 Å². The maximum atomic E-state index is 13.1. The molecule has 1 aromatic heterocycles. The Morgan fingerprint density at radius 3 is 2.00 bits per heavy atom. The molecular weight excluding hydrogens is 571 g/mol. The van der Waals surface area contributed by atoms with E-state index in [1.807, 2.05) is 85.5 Å². The van der Waals surface area contributed by atoms with E-state index in [4.69, 9.17) is 23.2 Å². The fourth-order valence-electron chi connectivity index (χ4n) is 5.40. The minimum atomic E-state index is -1.17. The number of aryl methyl sites for hydroxylation is 2. The van der Waals surface area contributed by atoms with E-state index in [-0.39, 0.29) is 11.9 Å². The Labute approximate surface area is 255 Å². The highest BCUT2D eigenvalue weighted by atomic mass is 35.5. The van der Waals surface area contributed by atoms with Crippen molar-refractivity contribution in [3.63, 3.8) is 0 Å². The van der Waals surface area contributed by atoms with Crippen LogP contribution in [0.1, 0.15) is 35.4 Å². The number of aromatic nitrogens is 2. The van der Waals surface area contributed by atoms with E-state index in [1.54, 1.807) is 18.2 Å². The molecule has 1 fully saturated rings. The third-order valence-corrected chi connectivity index (χ3v) is 8.13. The molecule has 8 nitrogen and oxygen atoms in total. The van der Waals surface area contributed by atoms with Gasteiger partial charge < -0.3 is 15.3 Å². The number of hydrogen-bond donors (Lipinski definition) is 3. The number of nitrogens with one attached hydrogen (secondary N) is 2. The summed E-state index contributed by atoms with van der Waals surface area (Å²) < 4.78 is 0. The zero-order valence-electron chi connectivity index (χ0n) is 23.4. The molecule has 2 amide bonds. The van der Waals surface area contributed by atoms with Crippen molar-refractivity contribution in [2.45, 2.75) is 32.3 Å². The quantitative estimate of drug-likeness (QED) is 0.171. The Morgan fingerprint density at radius 2 is 1.45 bits per heavy atom. The number of anilines is 1. The average molecular weight is 604 g/mol. The van der Waals surface area contributed by atoms with Gasteiger partial charge >= 0.3 is 6.03 Å². The molecule has 3 N–H and O–H groups in total. The number of halogens is 2. The number of urea groups is 1. The number of piperidine rings is 1. The molecule has 0 aliphatic carbocycles. The van der Waals surface area contributed by atoms with E-state index >= 15 is 0 Å². The zero-order chi connectivity index (χ0) is 29.7. The molecule has 4 aromatic rings. The van der Waals surface area contributed by atoms with Crippen LogP contribution in [0.4, 0.5) is 16.4 Å². The predicted octanol–water partition coefficient (Wildman–Crippen LogP) is 6.86. The van der Waals surface area contributed by atoms with Crippen LogP contribution in [0.15, 0.2) is 89.9 Å². The zero-order valence-corrected chi connectivity index (χ0v) is 24.9. The lowest BCUT2D eigenvalue weighted by molar-refractivity contribution is -0.00679. The second kappa shape index (κ2) is 12.9. The normalized spacial score (nSPS) is 14.5. The smallest absolute Gasteiger partial charge is 0.326 e. The van der Waals surface area contributed by atoms with Gasteiger partial charge in [-0.05, 0) is 68.0 Å². The summed E-state index contributed by atoms with van der Waals surface area (Å²) >= 11 is 12.2. The molecule has 0 bridgehead atoms. The van der Waals surface area contributed by atoms with Crippen molar-refractivity contribution >= 4 is 46.8 Å². The molecule has 10 heteroatoms. The summed E-state index contributed by atoms with van der Waals surface area (Å²) in [6.45, 7) is 4.83. The van der Waals surface area contributed by atoms with E-state index < -0.39 is 11.6 Å². The summed E-state index contributed by atoms with van der Waals surface area (Å²) in [4.78, 5) is 28.6. The molecule has 0 spiro atoms. The number of hydrogen-bond acceptors (Lipinski definition) is 5. The Kier molecular flexibility index (Phi) is 9.06. The second-order valence-corrected chi connectivity index (χ2v) is 11.2. The van der Waals surface area contributed by atoms with Crippen molar-refractivity contribution in [1.82, 2.24) is 20.2 Å². The van der Waals surface area contributed by atoms with Gasteiger partial charge in [-0.15, -0.1) is 0 Å². The second-order valence-electron chi connectivity index (χ2n) is 10.4. The Bertz CT molecular complexity index is 1520. The van der Waals surface area contributed by atoms with Crippen LogP contribution in [0, 0.1) is 19.8 Å². The monoisotopic (exact) mass is 602 g/mol. The van der Waals surface area contributed by atoms with Gasteiger partial charge in [0.05, 0.1) is 10.0 Å². The number of guanidine groups is 1. The number of benzene rings is 3. The van der Waals surface area contributed by atoms with Crippen molar-refractivity contribution < 1.29 is 9.90 Å². The molecule has 5 rings (SSSR count). The Hall–Kier alpha value is -3.98.